The zero-order valence-electron chi connectivity index (χ0n) is 16.7. The van der Waals surface area contributed by atoms with E-state index in [1.807, 2.05) is 31.2 Å². The minimum absolute atomic E-state index is 0.228. The molecule has 1 aromatic heterocycles. The van der Waals surface area contributed by atoms with Crippen LogP contribution in [0, 0.1) is 13.8 Å². The third-order valence-electron chi connectivity index (χ3n) is 6.06. The average molecular weight is 385 g/mol. The van der Waals surface area contributed by atoms with Crippen molar-refractivity contribution in [3.63, 3.8) is 0 Å². The monoisotopic (exact) mass is 385 g/mol. The van der Waals surface area contributed by atoms with Crippen molar-refractivity contribution < 1.29 is 14.3 Å². The van der Waals surface area contributed by atoms with Gasteiger partial charge in [-0.2, -0.15) is 0 Å². The van der Waals surface area contributed by atoms with E-state index in [2.05, 4.69) is 37.3 Å². The molecule has 3 aromatic rings. The smallest absolute Gasteiger partial charge is 0.231 e. The number of Topliss-reactive ketones (excluding diaryl/α,β-unsaturated/α-hetero) is 1. The topological polar surface area (TPSA) is 48.4 Å². The summed E-state index contributed by atoms with van der Waals surface area (Å²) in [5, 5.41) is 0. The van der Waals surface area contributed by atoms with Gasteiger partial charge < -0.3 is 9.47 Å². The maximum Gasteiger partial charge on any atom is 0.231 e. The maximum atomic E-state index is 13.2. The Labute approximate surface area is 170 Å². The summed E-state index contributed by atoms with van der Waals surface area (Å²) in [5.74, 6) is 1.71. The molecule has 1 aliphatic heterocycles. The average Bonchev–Trinajstić information content (AvgIpc) is 3.40. The van der Waals surface area contributed by atoms with E-state index in [-0.39, 0.29) is 12.6 Å². The third-order valence-corrected chi connectivity index (χ3v) is 6.06. The van der Waals surface area contributed by atoms with Crippen molar-refractivity contribution in [1.82, 2.24) is 4.98 Å². The van der Waals surface area contributed by atoms with E-state index in [0.29, 0.717) is 6.42 Å². The third kappa shape index (κ3) is 3.19. The highest BCUT2D eigenvalue weighted by Gasteiger charge is 2.50. The van der Waals surface area contributed by atoms with Gasteiger partial charge in [-0.25, -0.2) is 0 Å². The second kappa shape index (κ2) is 6.73. The van der Waals surface area contributed by atoms with E-state index < -0.39 is 5.41 Å². The van der Waals surface area contributed by atoms with Crippen LogP contribution in [-0.2, 0) is 16.6 Å². The summed E-state index contributed by atoms with van der Waals surface area (Å²) >= 11 is 0. The summed E-state index contributed by atoms with van der Waals surface area (Å²) in [6.07, 6.45) is 2.11. The lowest BCUT2D eigenvalue weighted by atomic mass is 9.88. The first-order valence-electron chi connectivity index (χ1n) is 10.0. The Balaban J connectivity index is 1.37. The molecule has 4 nitrogen and oxygen atoms in total. The Morgan fingerprint density at radius 1 is 0.966 bits per heavy atom. The van der Waals surface area contributed by atoms with E-state index >= 15 is 0 Å². The molecule has 0 N–H and O–H groups in total. The van der Waals surface area contributed by atoms with Crippen molar-refractivity contribution in [2.45, 2.75) is 38.5 Å². The van der Waals surface area contributed by atoms with E-state index in [1.54, 1.807) is 0 Å². The number of hydrogen-bond donors (Lipinski definition) is 0. The molecule has 4 heteroatoms. The molecule has 0 atom stereocenters. The van der Waals surface area contributed by atoms with Crippen molar-refractivity contribution in [3.8, 4) is 22.6 Å². The van der Waals surface area contributed by atoms with Crippen LogP contribution in [0.5, 0.6) is 11.5 Å². The molecule has 1 aliphatic carbocycles. The number of ketones is 1. The molecule has 0 spiro atoms. The van der Waals surface area contributed by atoms with E-state index in [4.69, 9.17) is 14.5 Å². The van der Waals surface area contributed by atoms with Crippen molar-refractivity contribution in [2.75, 3.05) is 6.79 Å². The van der Waals surface area contributed by atoms with Crippen LogP contribution in [0.15, 0.2) is 54.6 Å². The first-order chi connectivity index (χ1) is 14.0. The summed E-state index contributed by atoms with van der Waals surface area (Å²) < 4.78 is 10.9. The molecule has 0 radical (unpaired) electrons. The molecule has 5 rings (SSSR count). The fraction of sp³-hybridized carbons (Fsp3) is 0.280. The number of carbonyl (C=O) groups is 1. The summed E-state index contributed by atoms with van der Waals surface area (Å²) in [4.78, 5) is 17.9. The highest BCUT2D eigenvalue weighted by Crippen LogP contribution is 2.51. The van der Waals surface area contributed by atoms with Gasteiger partial charge in [0.2, 0.25) is 6.79 Å². The van der Waals surface area contributed by atoms with Crippen LogP contribution >= 0.6 is 0 Å². The fourth-order valence-electron chi connectivity index (χ4n) is 4.13. The molecule has 0 amide bonds. The first-order valence-corrected chi connectivity index (χ1v) is 10.0. The van der Waals surface area contributed by atoms with E-state index in [9.17, 15) is 4.79 Å². The van der Waals surface area contributed by atoms with Crippen LogP contribution in [0.25, 0.3) is 11.1 Å². The number of fused-ring (bicyclic) bond motifs is 1. The second-order valence-corrected chi connectivity index (χ2v) is 8.05. The molecule has 2 heterocycles. The number of aromatic nitrogens is 1. The van der Waals surface area contributed by atoms with Gasteiger partial charge in [-0.05, 0) is 56.0 Å². The molecule has 0 bridgehead atoms. The summed E-state index contributed by atoms with van der Waals surface area (Å²) in [5.41, 5.74) is 5.91. The van der Waals surface area contributed by atoms with Crippen molar-refractivity contribution in [3.05, 3.63) is 77.1 Å². The van der Waals surface area contributed by atoms with E-state index in [1.165, 1.54) is 5.56 Å². The Kier molecular flexibility index (Phi) is 4.16. The number of pyridine rings is 1. The minimum atomic E-state index is -0.397. The second-order valence-electron chi connectivity index (χ2n) is 8.05. The van der Waals surface area contributed by atoms with Crippen LogP contribution in [-0.4, -0.2) is 17.6 Å². The largest absolute Gasteiger partial charge is 0.454 e. The van der Waals surface area contributed by atoms with Gasteiger partial charge in [0.25, 0.3) is 0 Å². The summed E-state index contributed by atoms with van der Waals surface area (Å²) in [6, 6.07) is 18.4. The molecule has 1 fully saturated rings. The number of ether oxygens (including phenoxy) is 2. The van der Waals surface area contributed by atoms with Gasteiger partial charge in [0, 0.05) is 23.4 Å². The lowest BCUT2D eigenvalue weighted by Crippen LogP contribution is -2.23. The van der Waals surface area contributed by atoms with Crippen molar-refractivity contribution in [1.29, 1.82) is 0 Å². The number of hydrogen-bond acceptors (Lipinski definition) is 4. The molecule has 1 saturated carbocycles. The first kappa shape index (κ1) is 17.9. The van der Waals surface area contributed by atoms with Crippen molar-refractivity contribution >= 4 is 5.78 Å². The maximum absolute atomic E-state index is 13.2. The van der Waals surface area contributed by atoms with Gasteiger partial charge in [-0.1, -0.05) is 42.0 Å². The lowest BCUT2D eigenvalue weighted by molar-refractivity contribution is -0.120. The molecular weight excluding hydrogens is 362 g/mol. The number of carbonyl (C=O) groups excluding carboxylic acids is 1. The lowest BCUT2D eigenvalue weighted by Gasteiger charge is -2.15. The van der Waals surface area contributed by atoms with Gasteiger partial charge >= 0.3 is 0 Å². The number of aryl methyl sites for hydroxylation is 2. The van der Waals surface area contributed by atoms with Crippen LogP contribution in [0.3, 0.4) is 0 Å². The summed E-state index contributed by atoms with van der Waals surface area (Å²) in [6.45, 7) is 4.33. The molecule has 29 heavy (non-hydrogen) atoms. The zero-order chi connectivity index (χ0) is 20.0. The Hall–Kier alpha value is -3.14. The summed E-state index contributed by atoms with van der Waals surface area (Å²) in [7, 11) is 0. The van der Waals surface area contributed by atoms with Gasteiger partial charge in [0.1, 0.15) is 5.78 Å². The Bertz CT molecular complexity index is 1100. The number of rotatable bonds is 5. The van der Waals surface area contributed by atoms with Gasteiger partial charge in [-0.3, -0.25) is 9.78 Å². The SMILES string of the molecule is Cc1ccc(-c2ccc(CC(=O)C3(c4ccc5c(c4)OCO5)CC3)nc2C)cc1. The molecule has 2 aromatic carbocycles. The highest BCUT2D eigenvalue weighted by molar-refractivity contribution is 5.94. The molecule has 0 unspecified atom stereocenters. The Morgan fingerprint density at radius 2 is 1.72 bits per heavy atom. The minimum Gasteiger partial charge on any atom is -0.454 e. The number of benzene rings is 2. The van der Waals surface area contributed by atoms with Crippen molar-refractivity contribution in [2.24, 2.45) is 0 Å². The standard InChI is InChI=1S/C25H23NO3/c1-16-3-5-18(6-4-16)21-9-8-20(26-17(21)2)14-24(27)25(11-12-25)19-7-10-22-23(13-19)29-15-28-22/h3-10,13H,11-12,14-15H2,1-2H3. The molecule has 0 saturated heterocycles. The van der Waals surface area contributed by atoms with Crippen LogP contribution < -0.4 is 9.47 Å². The fourth-order valence-corrected chi connectivity index (χ4v) is 4.13. The van der Waals surface area contributed by atoms with Crippen LogP contribution in [0.2, 0.25) is 0 Å². The van der Waals surface area contributed by atoms with Crippen LogP contribution in [0.4, 0.5) is 0 Å². The van der Waals surface area contributed by atoms with Gasteiger partial charge in [0.05, 0.1) is 5.41 Å². The normalized spacial score (nSPS) is 15.9. The Morgan fingerprint density at radius 3 is 2.45 bits per heavy atom. The van der Waals surface area contributed by atoms with Crippen LogP contribution in [0.1, 0.15) is 35.4 Å². The predicted octanol–water partition coefficient (Wildman–Crippen LogP) is 4.94. The molecule has 146 valence electrons. The predicted molar refractivity (Wildman–Crippen MR) is 111 cm³/mol. The van der Waals surface area contributed by atoms with Gasteiger partial charge in [0.15, 0.2) is 11.5 Å². The molecular formula is C25H23NO3. The molecule has 2 aliphatic rings. The van der Waals surface area contributed by atoms with E-state index in [0.717, 1.165) is 52.4 Å². The highest BCUT2D eigenvalue weighted by atomic mass is 16.7. The quantitative estimate of drug-likeness (QED) is 0.624. The zero-order valence-corrected chi connectivity index (χ0v) is 16.7. The van der Waals surface area contributed by atoms with Gasteiger partial charge in [-0.15, -0.1) is 0 Å². The number of nitrogens with zero attached hydrogens (tertiary/aromatic N) is 1.